The topological polar surface area (TPSA) is 69.6 Å². The Balaban J connectivity index is 2.73. The van der Waals surface area contributed by atoms with Gasteiger partial charge in [-0.15, -0.1) is 0 Å². The molecule has 0 radical (unpaired) electrons. The smallest absolute Gasteiger partial charge is 0.317 e. The molecular weight excluding hydrogens is 268 g/mol. The fraction of sp³-hybridized carbons (Fsp3) is 0.875. The molecule has 1 aliphatic rings. The zero-order valence-corrected chi connectivity index (χ0v) is 14.4. The van der Waals surface area contributed by atoms with Crippen molar-refractivity contribution < 1.29 is 14.7 Å². The summed E-state index contributed by atoms with van der Waals surface area (Å²) < 4.78 is 0. The molecule has 1 aliphatic heterocycles. The van der Waals surface area contributed by atoms with Crippen LogP contribution in [0.2, 0.25) is 0 Å². The van der Waals surface area contributed by atoms with Gasteiger partial charge in [0.2, 0.25) is 0 Å². The molecule has 1 atom stereocenters. The molecule has 0 aromatic rings. The van der Waals surface area contributed by atoms with Crippen LogP contribution in [0, 0.1) is 16.7 Å². The second kappa shape index (κ2) is 5.50. The first-order chi connectivity index (χ1) is 9.29. The molecule has 5 nitrogen and oxygen atoms in total. The van der Waals surface area contributed by atoms with Crippen molar-refractivity contribution in [1.82, 2.24) is 10.2 Å². The summed E-state index contributed by atoms with van der Waals surface area (Å²) in [6, 6.07) is -0.166. The first-order valence-corrected chi connectivity index (χ1v) is 7.59. The highest BCUT2D eigenvalue weighted by Crippen LogP contribution is 2.35. The van der Waals surface area contributed by atoms with E-state index in [1.807, 2.05) is 0 Å². The van der Waals surface area contributed by atoms with Crippen molar-refractivity contribution in [1.29, 1.82) is 0 Å². The summed E-state index contributed by atoms with van der Waals surface area (Å²) in [7, 11) is 0. The maximum atomic E-state index is 12.4. The van der Waals surface area contributed by atoms with Gasteiger partial charge in [0, 0.05) is 13.1 Å². The molecule has 2 amide bonds. The lowest BCUT2D eigenvalue weighted by molar-refractivity contribution is -0.150. The van der Waals surface area contributed by atoms with Gasteiger partial charge in [0.05, 0.1) is 11.0 Å². The molecule has 0 spiro atoms. The normalized spacial score (nSPS) is 20.5. The van der Waals surface area contributed by atoms with Crippen molar-refractivity contribution >= 4 is 12.0 Å². The Morgan fingerprint density at radius 3 is 2.00 bits per heavy atom. The molecule has 1 saturated heterocycles. The number of nitrogens with zero attached hydrogens (tertiary/aromatic N) is 1. The molecule has 122 valence electrons. The predicted octanol–water partition coefficient (Wildman–Crippen LogP) is 2.95. The van der Waals surface area contributed by atoms with E-state index < -0.39 is 16.9 Å². The molecule has 0 saturated carbocycles. The summed E-state index contributed by atoms with van der Waals surface area (Å²) in [5.74, 6) is -0.430. The first kappa shape index (κ1) is 17.8. The second-order valence-electron chi connectivity index (χ2n) is 8.28. The minimum atomic E-state index is -1.04. The van der Waals surface area contributed by atoms with Gasteiger partial charge in [-0.25, -0.2) is 4.79 Å². The minimum Gasteiger partial charge on any atom is -0.481 e. The molecule has 1 heterocycles. The SMILES string of the molecule is CC(C)(C)C1CCN(C(=O)NC(C)(C)C(C)(C)C(=O)O)C1. The summed E-state index contributed by atoms with van der Waals surface area (Å²) in [5, 5.41) is 12.2. The number of carbonyl (C=O) groups is 2. The van der Waals surface area contributed by atoms with Crippen LogP contribution in [0.5, 0.6) is 0 Å². The van der Waals surface area contributed by atoms with Crippen LogP contribution in [0.4, 0.5) is 4.79 Å². The van der Waals surface area contributed by atoms with Crippen LogP contribution in [-0.2, 0) is 4.79 Å². The summed E-state index contributed by atoms with van der Waals surface area (Å²) in [4.78, 5) is 25.6. The molecule has 0 aliphatic carbocycles. The van der Waals surface area contributed by atoms with Gasteiger partial charge >= 0.3 is 12.0 Å². The third-order valence-electron chi connectivity index (χ3n) is 5.22. The van der Waals surface area contributed by atoms with Crippen molar-refractivity contribution in [2.75, 3.05) is 13.1 Å². The van der Waals surface area contributed by atoms with E-state index in [1.54, 1.807) is 32.6 Å². The van der Waals surface area contributed by atoms with Crippen molar-refractivity contribution in [3.63, 3.8) is 0 Å². The van der Waals surface area contributed by atoms with E-state index in [-0.39, 0.29) is 11.4 Å². The zero-order chi connectivity index (χ0) is 16.6. The Hall–Kier alpha value is -1.26. The minimum absolute atomic E-state index is 0.166. The average Bonchev–Trinajstić information content (AvgIpc) is 2.76. The molecule has 5 heteroatoms. The van der Waals surface area contributed by atoms with Gasteiger partial charge in [-0.1, -0.05) is 20.8 Å². The number of urea groups is 1. The maximum Gasteiger partial charge on any atom is 0.317 e. The summed E-state index contributed by atoms with van der Waals surface area (Å²) in [6.07, 6.45) is 1.000. The molecule has 0 aromatic carbocycles. The van der Waals surface area contributed by atoms with Gasteiger partial charge in [-0.05, 0) is 45.4 Å². The molecule has 0 bridgehead atoms. The van der Waals surface area contributed by atoms with E-state index in [1.165, 1.54) is 0 Å². The number of carboxylic acid groups (broad SMARTS) is 1. The first-order valence-electron chi connectivity index (χ1n) is 7.59. The third kappa shape index (κ3) is 3.69. The van der Waals surface area contributed by atoms with Gasteiger partial charge in [0.1, 0.15) is 0 Å². The Labute approximate surface area is 128 Å². The van der Waals surface area contributed by atoms with E-state index in [4.69, 9.17) is 0 Å². The van der Waals surface area contributed by atoms with Crippen LogP contribution >= 0.6 is 0 Å². The average molecular weight is 298 g/mol. The van der Waals surface area contributed by atoms with E-state index in [9.17, 15) is 14.7 Å². The zero-order valence-electron chi connectivity index (χ0n) is 14.4. The quantitative estimate of drug-likeness (QED) is 0.841. The summed E-state index contributed by atoms with van der Waals surface area (Å²) in [5.41, 5.74) is -1.67. The Bertz CT molecular complexity index is 422. The number of aliphatic carboxylic acids is 1. The summed E-state index contributed by atoms with van der Waals surface area (Å²) >= 11 is 0. The highest BCUT2D eigenvalue weighted by atomic mass is 16.4. The number of carboxylic acids is 1. The third-order valence-corrected chi connectivity index (χ3v) is 5.22. The fourth-order valence-corrected chi connectivity index (χ4v) is 2.42. The lowest BCUT2D eigenvalue weighted by Gasteiger charge is -2.39. The Kier molecular flexibility index (Phi) is 4.66. The molecule has 1 rings (SSSR count). The van der Waals surface area contributed by atoms with Crippen LogP contribution in [0.15, 0.2) is 0 Å². The van der Waals surface area contributed by atoms with Gasteiger partial charge in [-0.3, -0.25) is 4.79 Å². The number of carbonyl (C=O) groups excluding carboxylic acids is 1. The highest BCUT2D eigenvalue weighted by Gasteiger charge is 2.45. The molecule has 21 heavy (non-hydrogen) atoms. The van der Waals surface area contributed by atoms with Crippen LogP contribution in [0.1, 0.15) is 54.9 Å². The number of likely N-dealkylation sites (tertiary alicyclic amines) is 1. The second-order valence-corrected chi connectivity index (χ2v) is 8.28. The van der Waals surface area contributed by atoms with Gasteiger partial charge in [0.15, 0.2) is 0 Å². The lowest BCUT2D eigenvalue weighted by Crippen LogP contribution is -2.59. The van der Waals surface area contributed by atoms with Crippen LogP contribution in [0.3, 0.4) is 0 Å². The van der Waals surface area contributed by atoms with Gasteiger partial charge < -0.3 is 15.3 Å². The van der Waals surface area contributed by atoms with Crippen molar-refractivity contribution in [3.8, 4) is 0 Å². The number of hydrogen-bond acceptors (Lipinski definition) is 2. The number of nitrogens with one attached hydrogen (secondary N) is 1. The number of hydrogen-bond donors (Lipinski definition) is 2. The predicted molar refractivity (Wildman–Crippen MR) is 83.2 cm³/mol. The van der Waals surface area contributed by atoms with Crippen molar-refractivity contribution in [2.24, 2.45) is 16.7 Å². The lowest BCUT2D eigenvalue weighted by atomic mass is 9.74. The van der Waals surface area contributed by atoms with Crippen molar-refractivity contribution in [2.45, 2.75) is 60.4 Å². The summed E-state index contributed by atoms with van der Waals surface area (Å²) in [6.45, 7) is 14.8. The van der Waals surface area contributed by atoms with Gasteiger partial charge in [-0.2, -0.15) is 0 Å². The van der Waals surface area contributed by atoms with Gasteiger partial charge in [0.25, 0.3) is 0 Å². The number of amides is 2. The van der Waals surface area contributed by atoms with E-state index >= 15 is 0 Å². The van der Waals surface area contributed by atoms with E-state index in [0.29, 0.717) is 5.92 Å². The highest BCUT2D eigenvalue weighted by molar-refractivity contribution is 5.79. The molecule has 0 aromatic heterocycles. The van der Waals surface area contributed by atoms with Crippen LogP contribution in [0.25, 0.3) is 0 Å². The molecule has 2 N–H and O–H groups in total. The van der Waals surface area contributed by atoms with E-state index in [2.05, 4.69) is 26.1 Å². The Morgan fingerprint density at radius 1 is 1.10 bits per heavy atom. The monoisotopic (exact) mass is 298 g/mol. The largest absolute Gasteiger partial charge is 0.481 e. The molecule has 1 fully saturated rings. The van der Waals surface area contributed by atoms with Crippen LogP contribution < -0.4 is 5.32 Å². The molecule has 1 unspecified atom stereocenters. The fourth-order valence-electron chi connectivity index (χ4n) is 2.42. The number of rotatable bonds is 3. The van der Waals surface area contributed by atoms with Crippen molar-refractivity contribution in [3.05, 3.63) is 0 Å². The van der Waals surface area contributed by atoms with Crippen LogP contribution in [-0.4, -0.2) is 40.6 Å². The Morgan fingerprint density at radius 2 is 1.62 bits per heavy atom. The maximum absolute atomic E-state index is 12.4. The molecular formula is C16H30N2O3. The standard InChI is InChI=1S/C16H30N2O3/c1-14(2,3)11-8-9-18(10-11)13(21)17-16(6,7)15(4,5)12(19)20/h11H,8-10H2,1-7H3,(H,17,21)(H,19,20). The van der Waals surface area contributed by atoms with E-state index in [0.717, 1.165) is 19.5 Å².